The number of carbonyl (C=O) groups is 1. The summed E-state index contributed by atoms with van der Waals surface area (Å²) in [7, 11) is 0. The molecule has 18 heteroatoms. The van der Waals surface area contributed by atoms with Crippen LogP contribution in [0.15, 0.2) is 45.7 Å². The summed E-state index contributed by atoms with van der Waals surface area (Å²) < 4.78 is 132. The first-order valence-corrected chi connectivity index (χ1v) is 16.2. The summed E-state index contributed by atoms with van der Waals surface area (Å²) in [5.41, 5.74) is 11.9. The number of alkyl halides is 8. The quantitative estimate of drug-likeness (QED) is 0.0570. The second kappa shape index (κ2) is 15.3. The van der Waals surface area contributed by atoms with Gasteiger partial charge in [-0.3, -0.25) is 9.78 Å². The molecule has 0 aliphatic rings. The van der Waals surface area contributed by atoms with Gasteiger partial charge in [-0.1, -0.05) is 13.8 Å². The largest absolute Gasteiger partial charge is 0.496 e. The van der Waals surface area contributed by atoms with E-state index in [2.05, 4.69) is 23.9 Å². The topological polar surface area (TPSA) is 132 Å². The van der Waals surface area contributed by atoms with E-state index in [9.17, 15) is 39.9 Å². The highest BCUT2D eigenvalue weighted by Gasteiger charge is 2.57. The lowest BCUT2D eigenvalue weighted by Crippen LogP contribution is -2.51. The van der Waals surface area contributed by atoms with Crippen LogP contribution in [0, 0.1) is 5.41 Å². The number of benzene rings is 1. The molecule has 0 aliphatic heterocycles. The average molecular weight is 746 g/mol. The lowest BCUT2D eigenvalue weighted by Gasteiger charge is -2.34. The predicted octanol–water partition coefficient (Wildman–Crippen LogP) is 8.07. The van der Waals surface area contributed by atoms with Crippen LogP contribution >= 0.6 is 11.8 Å². The second-order valence-corrected chi connectivity index (χ2v) is 13.8. The van der Waals surface area contributed by atoms with E-state index < -0.39 is 60.1 Å². The highest BCUT2D eigenvalue weighted by atomic mass is 32.2. The number of nitrogens with two attached hydrogens (primary N) is 2. The molecule has 2 heterocycles. The second-order valence-electron chi connectivity index (χ2n) is 12.7. The molecule has 0 bridgehead atoms. The maximum absolute atomic E-state index is 14.3. The number of ether oxygens (including phenoxy) is 4. The number of aryl methyl sites for hydroxylation is 2. The number of hydrogen-bond acceptors (Lipinski definition) is 10. The van der Waals surface area contributed by atoms with Gasteiger partial charge in [0.25, 0.3) is 0 Å². The Morgan fingerprint density at radius 3 is 2.08 bits per heavy atom. The summed E-state index contributed by atoms with van der Waals surface area (Å²) in [6.07, 6.45) is -20.3. The molecule has 1 unspecified atom stereocenters. The van der Waals surface area contributed by atoms with Gasteiger partial charge in [0.1, 0.15) is 11.3 Å². The zero-order chi connectivity index (χ0) is 37.9. The molecule has 280 valence electrons. The number of thioether (sulfide) groups is 1. The van der Waals surface area contributed by atoms with Crippen molar-refractivity contribution in [3.63, 3.8) is 0 Å². The third kappa shape index (κ3) is 11.8. The first kappa shape index (κ1) is 41.4. The molecule has 0 fully saturated rings. The van der Waals surface area contributed by atoms with E-state index in [0.29, 0.717) is 29.3 Å². The van der Waals surface area contributed by atoms with Crippen LogP contribution < -0.4 is 11.5 Å². The monoisotopic (exact) mass is 745 g/mol. The lowest BCUT2D eigenvalue weighted by atomic mass is 9.79. The number of carbonyl (C=O) groups excluding carboxylic acids is 1. The highest BCUT2D eigenvalue weighted by Crippen LogP contribution is 2.40. The molecule has 0 saturated heterocycles. The number of rotatable bonds is 18. The standard InChI is InChI=1S/C32H39F8N3O6S/c1-7-19-10-12-21(22(8-2)43-19)24-13-18-9-11-20(14-23(18)46-24)50-17-30(35,36)48-32(39,40)49-31(37,38)47-29(33,34)16-45-26(44)28(5,6)25(41)15-27(3,4)42/h9-14,25H,7-8,15-17,41-42H2,1-6H3. The number of fused-ring (bicyclic) bond motifs is 1. The minimum atomic E-state index is -5.90. The summed E-state index contributed by atoms with van der Waals surface area (Å²) >= 11 is 0.305. The predicted molar refractivity (Wildman–Crippen MR) is 168 cm³/mol. The van der Waals surface area contributed by atoms with Gasteiger partial charge in [-0.25, -0.2) is 14.2 Å². The molecular weight excluding hydrogens is 706 g/mol. The Morgan fingerprint density at radius 1 is 0.880 bits per heavy atom. The normalized spacial score (nSPS) is 14.3. The molecule has 0 radical (unpaired) electrons. The molecule has 2 aromatic heterocycles. The Balaban J connectivity index is 1.59. The van der Waals surface area contributed by atoms with Crippen LogP contribution in [-0.4, -0.2) is 59.7 Å². The third-order valence-electron chi connectivity index (χ3n) is 7.24. The molecule has 50 heavy (non-hydrogen) atoms. The maximum atomic E-state index is 14.3. The average Bonchev–Trinajstić information content (AvgIpc) is 3.39. The first-order chi connectivity index (χ1) is 22.8. The number of furan rings is 1. The Morgan fingerprint density at radius 2 is 1.50 bits per heavy atom. The van der Waals surface area contributed by atoms with Gasteiger partial charge in [0.15, 0.2) is 6.61 Å². The molecule has 0 saturated carbocycles. The Bertz CT molecular complexity index is 1630. The van der Waals surface area contributed by atoms with E-state index in [1.165, 1.54) is 32.0 Å². The number of halogens is 8. The molecule has 9 nitrogen and oxygen atoms in total. The fourth-order valence-electron chi connectivity index (χ4n) is 4.53. The molecule has 4 N–H and O–H groups in total. The lowest BCUT2D eigenvalue weighted by molar-refractivity contribution is -0.572. The molecule has 0 spiro atoms. The van der Waals surface area contributed by atoms with Crippen LogP contribution in [0.25, 0.3) is 22.3 Å². The summed E-state index contributed by atoms with van der Waals surface area (Å²) in [4.78, 5) is 17.0. The van der Waals surface area contributed by atoms with E-state index in [1.807, 2.05) is 26.0 Å². The van der Waals surface area contributed by atoms with Crippen LogP contribution in [-0.2, 0) is 36.6 Å². The Hall–Kier alpha value is -3.03. The summed E-state index contributed by atoms with van der Waals surface area (Å²) in [6, 6.07) is 8.68. The van der Waals surface area contributed by atoms with Gasteiger partial charge in [0.05, 0.1) is 16.9 Å². The molecule has 0 amide bonds. The third-order valence-corrected chi connectivity index (χ3v) is 8.30. The minimum absolute atomic E-state index is 0.0265. The van der Waals surface area contributed by atoms with E-state index in [4.69, 9.17) is 15.9 Å². The van der Waals surface area contributed by atoms with Crippen molar-refractivity contribution in [1.29, 1.82) is 0 Å². The molecule has 0 aliphatic carbocycles. The summed E-state index contributed by atoms with van der Waals surface area (Å²) in [5.74, 6) is -2.44. The molecule has 3 rings (SSSR count). The highest BCUT2D eigenvalue weighted by molar-refractivity contribution is 7.99. The van der Waals surface area contributed by atoms with E-state index in [1.54, 1.807) is 19.9 Å². The number of hydrogen-bond donors (Lipinski definition) is 2. The Kier molecular flexibility index (Phi) is 12.7. The number of pyridine rings is 1. The fourth-order valence-corrected chi connectivity index (χ4v) is 5.28. The van der Waals surface area contributed by atoms with Gasteiger partial charge in [-0.15, -0.1) is 29.3 Å². The van der Waals surface area contributed by atoms with Gasteiger partial charge >= 0.3 is 30.8 Å². The van der Waals surface area contributed by atoms with E-state index in [-0.39, 0.29) is 16.9 Å². The zero-order valence-electron chi connectivity index (χ0n) is 28.1. The number of esters is 1. The summed E-state index contributed by atoms with van der Waals surface area (Å²) in [6.45, 7) is 7.30. The van der Waals surface area contributed by atoms with Crippen LogP contribution in [0.4, 0.5) is 35.1 Å². The number of aromatic nitrogens is 1. The van der Waals surface area contributed by atoms with Crippen molar-refractivity contribution in [2.24, 2.45) is 16.9 Å². The van der Waals surface area contributed by atoms with Crippen LogP contribution in [0.3, 0.4) is 0 Å². The van der Waals surface area contributed by atoms with Gasteiger partial charge in [0.2, 0.25) is 0 Å². The maximum Gasteiger partial charge on any atom is 0.496 e. The van der Waals surface area contributed by atoms with Crippen LogP contribution in [0.1, 0.15) is 59.4 Å². The fraction of sp³-hybridized carbons (Fsp3) is 0.562. The van der Waals surface area contributed by atoms with Crippen LogP contribution in [0.5, 0.6) is 0 Å². The zero-order valence-corrected chi connectivity index (χ0v) is 28.9. The molecule has 1 aromatic carbocycles. The minimum Gasteiger partial charge on any atom is -0.456 e. The first-order valence-electron chi connectivity index (χ1n) is 15.3. The molecule has 1 atom stereocenters. The number of nitrogens with zero attached hydrogens (tertiary/aromatic N) is 1. The SMILES string of the molecule is CCc1ccc(-c2cc3ccc(SCC(F)(F)OC(F)(F)OC(F)(F)OC(F)(F)COC(=O)C(C)(C)C(N)CC(C)(C)N)cc3o2)c(CC)n1. The van der Waals surface area contributed by atoms with Crippen molar-refractivity contribution in [2.75, 3.05) is 12.4 Å². The van der Waals surface area contributed by atoms with Crippen molar-refractivity contribution in [3.8, 4) is 11.3 Å². The van der Waals surface area contributed by atoms with E-state index in [0.717, 1.165) is 23.4 Å². The smallest absolute Gasteiger partial charge is 0.456 e. The van der Waals surface area contributed by atoms with Crippen molar-refractivity contribution >= 4 is 28.7 Å². The Labute approximate surface area is 287 Å². The summed E-state index contributed by atoms with van der Waals surface area (Å²) in [5, 5.41) is 0.602. The van der Waals surface area contributed by atoms with Crippen molar-refractivity contribution in [1.82, 2.24) is 4.98 Å². The van der Waals surface area contributed by atoms with Gasteiger partial charge in [0, 0.05) is 33.1 Å². The van der Waals surface area contributed by atoms with Gasteiger partial charge < -0.3 is 20.6 Å². The van der Waals surface area contributed by atoms with Crippen molar-refractivity contribution in [2.45, 2.75) is 102 Å². The van der Waals surface area contributed by atoms with Gasteiger partial charge in [-0.2, -0.15) is 17.6 Å². The van der Waals surface area contributed by atoms with Crippen molar-refractivity contribution < 1.29 is 63.3 Å². The van der Waals surface area contributed by atoms with Crippen molar-refractivity contribution in [3.05, 3.63) is 47.8 Å². The van der Waals surface area contributed by atoms with Crippen LogP contribution in [0.2, 0.25) is 0 Å². The van der Waals surface area contributed by atoms with Gasteiger partial charge in [-0.05, 0) is 83.4 Å². The molecule has 3 aromatic rings. The van der Waals surface area contributed by atoms with E-state index >= 15 is 0 Å². The molecular formula is C32H39F8N3O6S.